The molecule has 134 valence electrons. The number of hydrogen-bond acceptors (Lipinski definition) is 5. The van der Waals surface area contributed by atoms with Gasteiger partial charge in [0.1, 0.15) is 5.75 Å². The fourth-order valence-corrected chi connectivity index (χ4v) is 3.68. The summed E-state index contributed by atoms with van der Waals surface area (Å²) < 4.78 is 17.9. The van der Waals surface area contributed by atoms with Gasteiger partial charge in [-0.2, -0.15) is 6.20 Å². The summed E-state index contributed by atoms with van der Waals surface area (Å²) in [6.07, 6.45) is 7.13. The van der Waals surface area contributed by atoms with E-state index >= 15 is 0 Å². The molecule has 0 spiro atoms. The largest absolute Gasteiger partial charge is 0.509 e. The number of allylic oxidation sites excluding steroid dienone is 1. The molecule has 0 saturated carbocycles. The standard InChI is InChI=1S/C20H19N2O2S2/c1-2-15-3-6-17(21-12-15)9-10-24-18-7-4-16(5-8-18)11-19-13-22-20(14-25)26(19)23/h3-8,12,22H,2,9-11H2,1H3/q-1. The molecule has 1 unspecified atom stereocenters. The van der Waals surface area contributed by atoms with Crippen LogP contribution in [-0.4, -0.2) is 20.8 Å². The van der Waals surface area contributed by atoms with Gasteiger partial charge in [-0.15, -0.1) is 5.02 Å². The van der Waals surface area contributed by atoms with Crippen molar-refractivity contribution in [1.29, 1.82) is 0 Å². The van der Waals surface area contributed by atoms with E-state index in [2.05, 4.69) is 34.5 Å². The van der Waals surface area contributed by atoms with Crippen molar-refractivity contribution in [2.75, 3.05) is 6.61 Å². The van der Waals surface area contributed by atoms with E-state index in [9.17, 15) is 4.21 Å². The maximum absolute atomic E-state index is 12.1. The number of rotatable bonds is 7. The molecule has 1 aliphatic rings. The summed E-state index contributed by atoms with van der Waals surface area (Å²) >= 11 is 4.69. The number of thiocarbonyl (C=S) groups is 1. The Hall–Kier alpha value is -2.27. The lowest BCUT2D eigenvalue weighted by Gasteiger charge is -2.09. The fraction of sp³-hybridized carbons (Fsp3) is 0.250. The first-order valence-electron chi connectivity index (χ1n) is 8.40. The highest BCUT2D eigenvalue weighted by molar-refractivity contribution is 7.94. The third-order valence-corrected chi connectivity index (χ3v) is 5.63. The van der Waals surface area contributed by atoms with E-state index in [1.165, 1.54) is 5.56 Å². The molecule has 0 bridgehead atoms. The van der Waals surface area contributed by atoms with Crippen LogP contribution in [0.3, 0.4) is 0 Å². The maximum atomic E-state index is 12.1. The number of nitrogens with zero attached hydrogens (tertiary/aromatic N) is 1. The van der Waals surface area contributed by atoms with E-state index < -0.39 is 10.8 Å². The number of nitrogens with one attached hydrogen (secondary N) is 1. The number of pyridine rings is 1. The molecule has 0 saturated heterocycles. The number of benzene rings is 1. The minimum absolute atomic E-state index is 0.399. The van der Waals surface area contributed by atoms with Gasteiger partial charge in [0.25, 0.3) is 0 Å². The normalized spacial score (nSPS) is 16.0. The first-order valence-corrected chi connectivity index (χ1v) is 9.95. The first kappa shape index (κ1) is 18.5. The molecule has 3 rings (SSSR count). The highest BCUT2D eigenvalue weighted by Gasteiger charge is 2.09. The van der Waals surface area contributed by atoms with Crippen LogP contribution >= 0.6 is 12.2 Å². The number of hydrogen-bond donors (Lipinski definition) is 1. The third kappa shape index (κ3) is 4.67. The molecule has 2 heterocycles. The number of aromatic nitrogens is 1. The maximum Gasteiger partial charge on any atom is 0.119 e. The second kappa shape index (κ2) is 8.90. The molecule has 2 aromatic rings. The van der Waals surface area contributed by atoms with Crippen LogP contribution in [0, 0.1) is 6.20 Å². The minimum Gasteiger partial charge on any atom is -0.509 e. The average molecular weight is 384 g/mol. The summed E-state index contributed by atoms with van der Waals surface area (Å²) in [6.45, 7) is 2.69. The average Bonchev–Trinajstić information content (AvgIpc) is 3.03. The van der Waals surface area contributed by atoms with Crippen LogP contribution < -0.4 is 10.1 Å². The molecular weight excluding hydrogens is 364 g/mol. The van der Waals surface area contributed by atoms with Crippen LogP contribution in [0.5, 0.6) is 5.75 Å². The molecule has 26 heavy (non-hydrogen) atoms. The van der Waals surface area contributed by atoms with Gasteiger partial charge < -0.3 is 10.1 Å². The second-order valence-electron chi connectivity index (χ2n) is 5.80. The minimum atomic E-state index is -1.28. The zero-order valence-corrected chi connectivity index (χ0v) is 16.1. The third-order valence-electron chi connectivity index (χ3n) is 4.03. The molecule has 0 amide bonds. The van der Waals surface area contributed by atoms with Crippen molar-refractivity contribution in [2.24, 2.45) is 0 Å². The van der Waals surface area contributed by atoms with Gasteiger partial charge >= 0.3 is 0 Å². The molecular formula is C20H19N2O2S2-. The highest BCUT2D eigenvalue weighted by Crippen LogP contribution is 2.21. The number of ether oxygens (including phenoxy) is 1. The molecule has 1 atom stereocenters. The van der Waals surface area contributed by atoms with Crippen LogP contribution in [0.1, 0.15) is 23.7 Å². The van der Waals surface area contributed by atoms with Crippen molar-refractivity contribution in [2.45, 2.75) is 26.2 Å². The van der Waals surface area contributed by atoms with Crippen LogP contribution in [-0.2, 0) is 30.1 Å². The Bertz CT molecular complexity index is 868. The summed E-state index contributed by atoms with van der Waals surface area (Å²) in [5, 5.41) is 5.63. The topological polar surface area (TPSA) is 51.2 Å². The van der Waals surface area contributed by atoms with Crippen molar-refractivity contribution in [3.05, 3.63) is 75.6 Å². The van der Waals surface area contributed by atoms with Gasteiger partial charge in [-0.25, -0.2) is 0 Å². The van der Waals surface area contributed by atoms with Gasteiger partial charge in [-0.1, -0.05) is 30.0 Å². The van der Waals surface area contributed by atoms with E-state index in [1.807, 2.05) is 36.5 Å². The van der Waals surface area contributed by atoms with E-state index in [0.717, 1.165) is 29.8 Å². The lowest BCUT2D eigenvalue weighted by molar-refractivity contribution is 0.320. The summed E-state index contributed by atoms with van der Waals surface area (Å²) in [5.74, 6) is 0.807. The zero-order chi connectivity index (χ0) is 18.4. The fourth-order valence-electron chi connectivity index (χ4n) is 2.49. The molecule has 1 aromatic heterocycles. The molecule has 6 heteroatoms. The monoisotopic (exact) mass is 383 g/mol. The van der Waals surface area contributed by atoms with E-state index in [1.54, 1.807) is 0 Å². The quantitative estimate of drug-likeness (QED) is 0.588. The first-order chi connectivity index (χ1) is 12.7. The van der Waals surface area contributed by atoms with Gasteiger partial charge in [0, 0.05) is 34.1 Å². The summed E-state index contributed by atoms with van der Waals surface area (Å²) in [7, 11) is -1.28. The molecule has 1 N–H and O–H groups in total. The van der Waals surface area contributed by atoms with Crippen LogP contribution in [0.15, 0.2) is 52.5 Å². The zero-order valence-electron chi connectivity index (χ0n) is 14.5. The lowest BCUT2D eigenvalue weighted by Crippen LogP contribution is -2.03. The molecule has 0 aliphatic carbocycles. The number of aryl methyl sites for hydroxylation is 1. The van der Waals surface area contributed by atoms with E-state index in [-0.39, 0.29) is 0 Å². The summed E-state index contributed by atoms with van der Waals surface area (Å²) in [4.78, 5) is 5.11. The van der Waals surface area contributed by atoms with Crippen molar-refractivity contribution in [3.8, 4) is 5.75 Å². The summed E-state index contributed by atoms with van der Waals surface area (Å²) in [5.41, 5.74) is 3.31. The summed E-state index contributed by atoms with van der Waals surface area (Å²) in [6, 6.07) is 11.9. The predicted octanol–water partition coefficient (Wildman–Crippen LogP) is 3.24. The van der Waals surface area contributed by atoms with Crippen LogP contribution in [0.25, 0.3) is 0 Å². The van der Waals surface area contributed by atoms with Crippen LogP contribution in [0.2, 0.25) is 0 Å². The lowest BCUT2D eigenvalue weighted by atomic mass is 10.1. The van der Waals surface area contributed by atoms with E-state index in [4.69, 9.17) is 17.0 Å². The Balaban J connectivity index is 1.50. The molecule has 4 nitrogen and oxygen atoms in total. The Morgan fingerprint density at radius 2 is 2.00 bits per heavy atom. The predicted molar refractivity (Wildman–Crippen MR) is 107 cm³/mol. The molecule has 1 aliphatic heterocycles. The van der Waals surface area contributed by atoms with Crippen molar-refractivity contribution in [1.82, 2.24) is 10.3 Å². The smallest absolute Gasteiger partial charge is 0.119 e. The van der Waals surface area contributed by atoms with Crippen molar-refractivity contribution in [3.63, 3.8) is 0 Å². The SMILES string of the molecule is CCc1ccc(CCOc2ccc(CC3=[C-]NC(=C=S)S3=O)cc2)nc1. The molecule has 0 radical (unpaired) electrons. The van der Waals surface area contributed by atoms with Crippen LogP contribution in [0.4, 0.5) is 0 Å². The Labute approximate surface area is 161 Å². The second-order valence-corrected chi connectivity index (χ2v) is 7.45. The molecule has 0 fully saturated rings. The Morgan fingerprint density at radius 3 is 2.62 bits per heavy atom. The Kier molecular flexibility index (Phi) is 6.34. The Morgan fingerprint density at radius 1 is 1.23 bits per heavy atom. The van der Waals surface area contributed by atoms with Gasteiger partial charge in [0.2, 0.25) is 0 Å². The van der Waals surface area contributed by atoms with E-state index in [0.29, 0.717) is 23.0 Å². The molecule has 1 aromatic carbocycles. The van der Waals surface area contributed by atoms with Gasteiger partial charge in [-0.3, -0.25) is 9.19 Å². The van der Waals surface area contributed by atoms with Gasteiger partial charge in [0.15, 0.2) is 0 Å². The van der Waals surface area contributed by atoms with Gasteiger partial charge in [0.05, 0.1) is 6.61 Å². The van der Waals surface area contributed by atoms with Gasteiger partial charge in [-0.05, 0) is 54.4 Å². The highest BCUT2D eigenvalue weighted by atomic mass is 32.2. The van der Waals surface area contributed by atoms with Crippen molar-refractivity contribution < 1.29 is 8.95 Å². The van der Waals surface area contributed by atoms with Crippen molar-refractivity contribution >= 4 is 28.0 Å².